The molecule has 0 fully saturated rings. The van der Waals surface area contributed by atoms with Gasteiger partial charge in [0.2, 0.25) is 0 Å². The predicted molar refractivity (Wildman–Crippen MR) is 80.8 cm³/mol. The van der Waals surface area contributed by atoms with Crippen molar-refractivity contribution in [1.82, 2.24) is 10.6 Å². The van der Waals surface area contributed by atoms with Gasteiger partial charge in [-0.3, -0.25) is 0 Å². The minimum atomic E-state index is -2.99. The number of unbranched alkanes of at least 4 members (excludes halogenated alkanes) is 1. The van der Waals surface area contributed by atoms with E-state index in [0.29, 0.717) is 0 Å². The first-order valence-corrected chi connectivity index (χ1v) is 7.67. The number of carbonyl (C=O) groups is 1. The lowest BCUT2D eigenvalue weighted by molar-refractivity contribution is -0.00587. The Morgan fingerprint density at radius 2 is 1.81 bits per heavy atom. The Bertz CT molecular complexity index is 305. The van der Waals surface area contributed by atoms with E-state index in [2.05, 4.69) is 17.6 Å². The summed E-state index contributed by atoms with van der Waals surface area (Å²) >= 11 is 0. The van der Waals surface area contributed by atoms with E-state index in [1.165, 1.54) is 0 Å². The van der Waals surface area contributed by atoms with Gasteiger partial charge in [-0.15, -0.1) is 0 Å². The maximum absolute atomic E-state index is 13.7. The highest BCUT2D eigenvalue weighted by molar-refractivity contribution is 5.67. The van der Waals surface area contributed by atoms with E-state index in [4.69, 9.17) is 4.74 Å². The van der Waals surface area contributed by atoms with Gasteiger partial charge in [0.15, 0.2) is 0 Å². The van der Waals surface area contributed by atoms with Gasteiger partial charge in [0.25, 0.3) is 5.92 Å². The van der Waals surface area contributed by atoms with E-state index in [1.807, 2.05) is 6.92 Å². The van der Waals surface area contributed by atoms with Gasteiger partial charge in [-0.25, -0.2) is 13.6 Å². The molecule has 1 amide bonds. The molecule has 0 aromatic carbocycles. The zero-order valence-corrected chi connectivity index (χ0v) is 13.9. The van der Waals surface area contributed by atoms with Gasteiger partial charge < -0.3 is 15.4 Å². The largest absolute Gasteiger partial charge is 0.444 e. The number of alkyl halides is 2. The van der Waals surface area contributed by atoms with Crippen molar-refractivity contribution in [2.75, 3.05) is 13.1 Å². The van der Waals surface area contributed by atoms with E-state index in [-0.39, 0.29) is 6.04 Å². The summed E-state index contributed by atoms with van der Waals surface area (Å²) in [6, 6.07) is 0.0948. The van der Waals surface area contributed by atoms with E-state index in [0.717, 1.165) is 25.7 Å². The Morgan fingerprint density at radius 3 is 2.29 bits per heavy atom. The van der Waals surface area contributed by atoms with Gasteiger partial charge in [0.05, 0.1) is 13.1 Å². The summed E-state index contributed by atoms with van der Waals surface area (Å²) in [4.78, 5) is 11.4. The van der Waals surface area contributed by atoms with Crippen LogP contribution in [-0.4, -0.2) is 36.7 Å². The third-order valence-electron chi connectivity index (χ3n) is 2.94. The number of rotatable bonds is 9. The molecular weight excluding hydrogens is 278 g/mol. The molecule has 0 aliphatic carbocycles. The first-order chi connectivity index (χ1) is 9.59. The fourth-order valence-electron chi connectivity index (χ4n) is 1.77. The number of hydrogen-bond acceptors (Lipinski definition) is 3. The van der Waals surface area contributed by atoms with Crippen LogP contribution in [0.4, 0.5) is 13.6 Å². The smallest absolute Gasteiger partial charge is 0.407 e. The highest BCUT2D eigenvalue weighted by atomic mass is 19.3. The number of amides is 1. The molecular formula is C15H30F2N2O2. The zero-order chi connectivity index (χ0) is 16.5. The molecule has 0 saturated heterocycles. The quantitative estimate of drug-likeness (QED) is 0.683. The van der Waals surface area contributed by atoms with Crippen LogP contribution in [0.3, 0.4) is 0 Å². The average Bonchev–Trinajstić information content (AvgIpc) is 2.35. The number of alkyl carbamates (subject to hydrolysis) is 1. The Kier molecular flexibility index (Phi) is 8.78. The van der Waals surface area contributed by atoms with Gasteiger partial charge in [0, 0.05) is 6.04 Å². The van der Waals surface area contributed by atoms with E-state index in [1.54, 1.807) is 20.8 Å². The second-order valence-electron chi connectivity index (χ2n) is 6.34. The minimum absolute atomic E-state index is 0.0948. The number of nitrogens with one attached hydrogen (secondary N) is 2. The van der Waals surface area contributed by atoms with Crippen LogP contribution in [0.25, 0.3) is 0 Å². The summed E-state index contributed by atoms with van der Waals surface area (Å²) in [7, 11) is 0. The standard InChI is InChI=1S/C15H30F2N2O2/c1-6-8-9-12(7-2)18-10-15(16,17)11-19-13(20)21-14(3,4)5/h12,18H,6-11H2,1-5H3,(H,19,20). The molecule has 0 aliphatic heterocycles. The Balaban J connectivity index is 4.09. The molecule has 2 N–H and O–H groups in total. The summed E-state index contributed by atoms with van der Waals surface area (Å²) in [6.07, 6.45) is 2.96. The van der Waals surface area contributed by atoms with Crippen molar-refractivity contribution in [3.05, 3.63) is 0 Å². The molecule has 0 bridgehead atoms. The average molecular weight is 308 g/mol. The van der Waals surface area contributed by atoms with Crippen LogP contribution in [0.1, 0.15) is 60.3 Å². The topological polar surface area (TPSA) is 50.4 Å². The highest BCUT2D eigenvalue weighted by Gasteiger charge is 2.30. The fourth-order valence-corrected chi connectivity index (χ4v) is 1.77. The lowest BCUT2D eigenvalue weighted by atomic mass is 10.1. The van der Waals surface area contributed by atoms with Gasteiger partial charge in [-0.05, 0) is 33.6 Å². The predicted octanol–water partition coefficient (Wildman–Crippen LogP) is 3.70. The highest BCUT2D eigenvalue weighted by Crippen LogP contribution is 2.13. The van der Waals surface area contributed by atoms with Crippen LogP contribution in [0.15, 0.2) is 0 Å². The second-order valence-corrected chi connectivity index (χ2v) is 6.34. The van der Waals surface area contributed by atoms with Crippen molar-refractivity contribution in [2.45, 2.75) is 77.9 Å². The monoisotopic (exact) mass is 308 g/mol. The SMILES string of the molecule is CCCCC(CC)NCC(F)(F)CNC(=O)OC(C)(C)C. The molecule has 0 aromatic rings. The first kappa shape index (κ1) is 20.1. The number of ether oxygens (including phenoxy) is 1. The van der Waals surface area contributed by atoms with Crippen molar-refractivity contribution in [2.24, 2.45) is 0 Å². The minimum Gasteiger partial charge on any atom is -0.444 e. The van der Waals surface area contributed by atoms with Crippen molar-refractivity contribution in [3.63, 3.8) is 0 Å². The van der Waals surface area contributed by atoms with Gasteiger partial charge >= 0.3 is 6.09 Å². The molecule has 0 heterocycles. The lowest BCUT2D eigenvalue weighted by Crippen LogP contribution is -2.46. The van der Waals surface area contributed by atoms with E-state index in [9.17, 15) is 13.6 Å². The molecule has 21 heavy (non-hydrogen) atoms. The first-order valence-electron chi connectivity index (χ1n) is 7.67. The normalized spacial score (nSPS) is 13.9. The maximum atomic E-state index is 13.7. The van der Waals surface area contributed by atoms with Gasteiger partial charge in [-0.1, -0.05) is 26.7 Å². The summed E-state index contributed by atoms with van der Waals surface area (Å²) in [5.41, 5.74) is -0.689. The molecule has 126 valence electrons. The van der Waals surface area contributed by atoms with Crippen LogP contribution in [0, 0.1) is 0 Å². The van der Waals surface area contributed by atoms with Crippen LogP contribution >= 0.6 is 0 Å². The van der Waals surface area contributed by atoms with E-state index < -0.39 is 30.7 Å². The molecule has 6 heteroatoms. The van der Waals surface area contributed by atoms with Gasteiger partial charge in [0.1, 0.15) is 5.60 Å². The Hall–Kier alpha value is -0.910. The summed E-state index contributed by atoms with van der Waals surface area (Å²) < 4.78 is 32.3. The third kappa shape index (κ3) is 11.4. The summed E-state index contributed by atoms with van der Waals surface area (Å²) in [5, 5.41) is 4.99. The molecule has 1 atom stereocenters. The summed E-state index contributed by atoms with van der Waals surface area (Å²) in [6.45, 7) is 7.95. The molecule has 0 aromatic heterocycles. The molecule has 0 spiro atoms. The molecule has 0 radical (unpaired) electrons. The van der Waals surface area contributed by atoms with Crippen molar-refractivity contribution in [3.8, 4) is 0 Å². The van der Waals surface area contributed by atoms with E-state index >= 15 is 0 Å². The van der Waals surface area contributed by atoms with Crippen LogP contribution in [0.2, 0.25) is 0 Å². The van der Waals surface area contributed by atoms with Crippen molar-refractivity contribution >= 4 is 6.09 Å². The van der Waals surface area contributed by atoms with Crippen LogP contribution in [-0.2, 0) is 4.74 Å². The van der Waals surface area contributed by atoms with Gasteiger partial charge in [-0.2, -0.15) is 0 Å². The Labute approximate surface area is 127 Å². The second kappa shape index (κ2) is 9.18. The number of hydrogen-bond donors (Lipinski definition) is 2. The molecule has 0 aliphatic rings. The number of carbonyl (C=O) groups excluding carboxylic acids is 1. The van der Waals surface area contributed by atoms with Crippen molar-refractivity contribution in [1.29, 1.82) is 0 Å². The Morgan fingerprint density at radius 1 is 1.19 bits per heavy atom. The maximum Gasteiger partial charge on any atom is 0.407 e. The molecule has 0 rings (SSSR count). The van der Waals surface area contributed by atoms with Crippen LogP contribution < -0.4 is 10.6 Å². The molecule has 4 nitrogen and oxygen atoms in total. The van der Waals surface area contributed by atoms with Crippen LogP contribution in [0.5, 0.6) is 0 Å². The molecule has 1 unspecified atom stereocenters. The fraction of sp³-hybridized carbons (Fsp3) is 0.933. The summed E-state index contributed by atoms with van der Waals surface area (Å²) in [5.74, 6) is -2.99. The lowest BCUT2D eigenvalue weighted by Gasteiger charge is -2.24. The molecule has 0 saturated carbocycles. The zero-order valence-electron chi connectivity index (χ0n) is 13.9. The van der Waals surface area contributed by atoms with Crippen molar-refractivity contribution < 1.29 is 18.3 Å². The third-order valence-corrected chi connectivity index (χ3v) is 2.94. The number of halogens is 2.